The molecule has 2 saturated heterocycles. The summed E-state index contributed by atoms with van der Waals surface area (Å²) in [6.45, 7) is 6.01. The van der Waals surface area contributed by atoms with Gasteiger partial charge in [0.1, 0.15) is 11.9 Å². The molecule has 1 amide bonds. The van der Waals surface area contributed by atoms with Crippen LogP contribution in [0.3, 0.4) is 0 Å². The van der Waals surface area contributed by atoms with E-state index in [0.717, 1.165) is 43.9 Å². The van der Waals surface area contributed by atoms with Gasteiger partial charge in [0.15, 0.2) is 0 Å². The van der Waals surface area contributed by atoms with E-state index in [1.165, 1.54) is 0 Å². The molecule has 0 saturated carbocycles. The van der Waals surface area contributed by atoms with Gasteiger partial charge >= 0.3 is 11.8 Å². The van der Waals surface area contributed by atoms with Crippen LogP contribution in [0.25, 0.3) is 11.5 Å². The molecule has 0 radical (unpaired) electrons. The summed E-state index contributed by atoms with van der Waals surface area (Å²) in [7, 11) is 2.15. The highest BCUT2D eigenvalue weighted by molar-refractivity contribution is 6.31. The summed E-state index contributed by atoms with van der Waals surface area (Å²) >= 11 is 6.52. The maximum atomic E-state index is 12.6. The van der Waals surface area contributed by atoms with E-state index in [1.807, 2.05) is 48.5 Å². The van der Waals surface area contributed by atoms with Gasteiger partial charge in [0.25, 0.3) is 0 Å². The Morgan fingerprint density at radius 1 is 1.09 bits per heavy atom. The number of rotatable bonds is 6. The molecule has 1 aromatic heterocycles. The maximum absolute atomic E-state index is 12.6. The quantitative estimate of drug-likeness (QED) is 0.551. The smallest absolute Gasteiger partial charge is 0.311 e. The van der Waals surface area contributed by atoms with Crippen molar-refractivity contribution < 1.29 is 13.9 Å². The molecule has 2 aromatic carbocycles. The zero-order valence-electron chi connectivity index (χ0n) is 18.5. The first kappa shape index (κ1) is 21.9. The molecular weight excluding hydrogens is 442 g/mol. The molecule has 9 heteroatoms. The lowest BCUT2D eigenvalue weighted by Crippen LogP contribution is -2.56. The third-order valence-corrected chi connectivity index (χ3v) is 6.43. The van der Waals surface area contributed by atoms with Gasteiger partial charge in [0, 0.05) is 43.3 Å². The van der Waals surface area contributed by atoms with Crippen molar-refractivity contribution in [2.75, 3.05) is 46.3 Å². The van der Waals surface area contributed by atoms with Crippen LogP contribution in [0.4, 0.5) is 0 Å². The predicted octanol–water partition coefficient (Wildman–Crippen LogP) is 3.04. The first-order valence-corrected chi connectivity index (χ1v) is 11.5. The Morgan fingerprint density at radius 2 is 1.85 bits per heavy atom. The number of likely N-dealkylation sites (N-methyl/N-ethyl adjacent to an activating group) is 1. The summed E-state index contributed by atoms with van der Waals surface area (Å²) in [5.41, 5.74) is 1.88. The number of amides is 1. The van der Waals surface area contributed by atoms with E-state index in [1.54, 1.807) is 4.90 Å². The van der Waals surface area contributed by atoms with Gasteiger partial charge < -0.3 is 19.0 Å². The van der Waals surface area contributed by atoms with E-state index in [4.69, 9.17) is 20.8 Å². The number of halogens is 1. The monoisotopic (exact) mass is 467 g/mol. The van der Waals surface area contributed by atoms with Crippen LogP contribution in [0.1, 0.15) is 16.2 Å². The van der Waals surface area contributed by atoms with Gasteiger partial charge in [0.05, 0.1) is 13.1 Å². The Morgan fingerprint density at radius 3 is 2.58 bits per heavy atom. The fourth-order valence-electron chi connectivity index (χ4n) is 3.99. The Bertz CT molecular complexity index is 1110. The van der Waals surface area contributed by atoms with Crippen molar-refractivity contribution in [3.63, 3.8) is 0 Å². The number of ether oxygens (including phenoxy) is 1. The standard InChI is InChI=1S/C24H26ClN5O3/c1-28-9-11-29(12-10-28)14-18-7-8-19(13-21(18)25)32-20-15-30(16-20)24(31)23-27-26-22(33-23)17-5-3-2-4-6-17/h2-8,13,20H,9-12,14-16H2,1H3. The van der Waals surface area contributed by atoms with E-state index < -0.39 is 0 Å². The zero-order chi connectivity index (χ0) is 22.8. The van der Waals surface area contributed by atoms with E-state index in [-0.39, 0.29) is 17.9 Å². The molecular formula is C24H26ClN5O3. The van der Waals surface area contributed by atoms with Crippen LogP contribution in [0, 0.1) is 0 Å². The molecule has 0 atom stereocenters. The number of aromatic nitrogens is 2. The third kappa shape index (κ3) is 5.03. The molecule has 2 aliphatic heterocycles. The van der Waals surface area contributed by atoms with Crippen LogP contribution in [0.2, 0.25) is 5.02 Å². The second kappa shape index (κ2) is 9.51. The van der Waals surface area contributed by atoms with E-state index in [0.29, 0.717) is 29.8 Å². The molecule has 33 heavy (non-hydrogen) atoms. The predicted molar refractivity (Wildman–Crippen MR) is 124 cm³/mol. The molecule has 0 unspecified atom stereocenters. The number of carbonyl (C=O) groups is 1. The molecule has 3 aromatic rings. The van der Waals surface area contributed by atoms with E-state index >= 15 is 0 Å². The van der Waals surface area contributed by atoms with Crippen LogP contribution < -0.4 is 4.74 Å². The second-order valence-electron chi connectivity index (χ2n) is 8.56. The van der Waals surface area contributed by atoms with Crippen molar-refractivity contribution in [3.8, 4) is 17.2 Å². The molecule has 172 valence electrons. The van der Waals surface area contributed by atoms with Crippen LogP contribution in [-0.4, -0.2) is 83.2 Å². The molecule has 8 nitrogen and oxygen atoms in total. The van der Waals surface area contributed by atoms with Crippen molar-refractivity contribution in [1.82, 2.24) is 24.9 Å². The van der Waals surface area contributed by atoms with Crippen LogP contribution >= 0.6 is 11.6 Å². The number of benzene rings is 2. The molecule has 2 fully saturated rings. The minimum atomic E-state index is -0.287. The molecule has 5 rings (SSSR count). The fraction of sp³-hybridized carbons (Fsp3) is 0.375. The van der Waals surface area contributed by atoms with Crippen molar-refractivity contribution in [2.45, 2.75) is 12.6 Å². The van der Waals surface area contributed by atoms with Gasteiger partial charge in [-0.1, -0.05) is 35.9 Å². The summed E-state index contributed by atoms with van der Waals surface area (Å²) in [6, 6.07) is 15.2. The first-order chi connectivity index (χ1) is 16.0. The van der Waals surface area contributed by atoms with Gasteiger partial charge in [0.2, 0.25) is 5.89 Å². The summed E-state index contributed by atoms with van der Waals surface area (Å²) in [4.78, 5) is 19.0. The largest absolute Gasteiger partial charge is 0.487 e. The highest BCUT2D eigenvalue weighted by atomic mass is 35.5. The van der Waals surface area contributed by atoms with Gasteiger partial charge in [-0.2, -0.15) is 0 Å². The van der Waals surface area contributed by atoms with Gasteiger partial charge in [-0.3, -0.25) is 9.69 Å². The van der Waals surface area contributed by atoms with Gasteiger partial charge in [-0.25, -0.2) is 0 Å². The molecule has 0 bridgehead atoms. The van der Waals surface area contributed by atoms with Gasteiger partial charge in [-0.15, -0.1) is 10.2 Å². The van der Waals surface area contributed by atoms with Crippen molar-refractivity contribution in [1.29, 1.82) is 0 Å². The molecule has 3 heterocycles. The Kier molecular flexibility index (Phi) is 6.30. The Balaban J connectivity index is 1.13. The average Bonchev–Trinajstić information content (AvgIpc) is 3.30. The van der Waals surface area contributed by atoms with E-state index in [9.17, 15) is 4.79 Å². The van der Waals surface area contributed by atoms with Gasteiger partial charge in [-0.05, 0) is 36.9 Å². The van der Waals surface area contributed by atoms with Crippen molar-refractivity contribution in [3.05, 3.63) is 65.0 Å². The number of hydrogen-bond donors (Lipinski definition) is 0. The first-order valence-electron chi connectivity index (χ1n) is 11.1. The normalized spacial score (nSPS) is 17.7. The zero-order valence-corrected chi connectivity index (χ0v) is 19.2. The fourth-order valence-corrected chi connectivity index (χ4v) is 4.22. The summed E-state index contributed by atoms with van der Waals surface area (Å²) < 4.78 is 11.6. The summed E-state index contributed by atoms with van der Waals surface area (Å²) in [5.74, 6) is 0.746. The van der Waals surface area contributed by atoms with Crippen molar-refractivity contribution in [2.24, 2.45) is 0 Å². The molecule has 0 spiro atoms. The molecule has 0 aliphatic carbocycles. The Hall–Kier alpha value is -2.94. The molecule has 2 aliphatic rings. The third-order valence-electron chi connectivity index (χ3n) is 6.08. The number of likely N-dealkylation sites (tertiary alicyclic amines) is 1. The maximum Gasteiger partial charge on any atom is 0.311 e. The number of nitrogens with zero attached hydrogens (tertiary/aromatic N) is 5. The SMILES string of the molecule is CN1CCN(Cc2ccc(OC3CN(C(=O)c4nnc(-c5ccccc5)o4)C3)cc2Cl)CC1. The van der Waals surface area contributed by atoms with E-state index in [2.05, 4.69) is 27.0 Å². The second-order valence-corrected chi connectivity index (χ2v) is 8.97. The number of piperazine rings is 1. The lowest BCUT2D eigenvalue weighted by atomic mass is 10.1. The summed E-state index contributed by atoms with van der Waals surface area (Å²) in [5, 5.41) is 8.59. The van der Waals surface area contributed by atoms with Crippen LogP contribution in [0.5, 0.6) is 5.75 Å². The number of hydrogen-bond acceptors (Lipinski definition) is 7. The minimum absolute atomic E-state index is 0.0105. The topological polar surface area (TPSA) is 74.9 Å². The van der Waals surface area contributed by atoms with Crippen LogP contribution in [-0.2, 0) is 6.54 Å². The molecule has 0 N–H and O–H groups in total. The highest BCUT2D eigenvalue weighted by Crippen LogP contribution is 2.27. The van der Waals surface area contributed by atoms with Crippen LogP contribution in [0.15, 0.2) is 52.9 Å². The lowest BCUT2D eigenvalue weighted by Gasteiger charge is -2.38. The number of carbonyl (C=O) groups excluding carboxylic acids is 1. The average molecular weight is 468 g/mol. The highest BCUT2D eigenvalue weighted by Gasteiger charge is 2.35. The summed E-state index contributed by atoms with van der Waals surface area (Å²) in [6.07, 6.45) is -0.0926. The lowest BCUT2D eigenvalue weighted by molar-refractivity contribution is 0.0150. The Labute approximate surface area is 197 Å². The van der Waals surface area contributed by atoms with Crippen molar-refractivity contribution >= 4 is 17.5 Å². The minimum Gasteiger partial charge on any atom is -0.487 e.